The maximum absolute atomic E-state index is 13.3. The molecule has 88 valence electrons. The first-order valence-electron chi connectivity index (χ1n) is 5.84. The Kier molecular flexibility index (Phi) is 3.54. The summed E-state index contributed by atoms with van der Waals surface area (Å²) in [5, 5.41) is 3.25. The first-order chi connectivity index (χ1) is 7.68. The fraction of sp³-hybridized carbons (Fsp3) is 0.538. The van der Waals surface area contributed by atoms with Gasteiger partial charge in [-0.25, -0.2) is 8.78 Å². The molecule has 1 aliphatic carbocycles. The summed E-state index contributed by atoms with van der Waals surface area (Å²) in [4.78, 5) is 0. The summed E-state index contributed by atoms with van der Waals surface area (Å²) in [6.45, 7) is 2.47. The molecule has 2 rings (SSSR count). The van der Waals surface area contributed by atoms with Gasteiger partial charge in [0.05, 0.1) is 0 Å². The van der Waals surface area contributed by atoms with Gasteiger partial charge in [-0.2, -0.15) is 0 Å². The molecule has 1 aromatic carbocycles. The van der Waals surface area contributed by atoms with Crippen molar-refractivity contribution in [3.8, 4) is 0 Å². The average molecular weight is 225 g/mol. The normalized spacial score (nSPS) is 24.9. The third kappa shape index (κ3) is 2.40. The molecule has 3 heteroatoms. The van der Waals surface area contributed by atoms with Gasteiger partial charge < -0.3 is 5.32 Å². The Hall–Kier alpha value is -0.960. The molecular weight excluding hydrogens is 208 g/mol. The highest BCUT2D eigenvalue weighted by Crippen LogP contribution is 2.25. The zero-order chi connectivity index (χ0) is 11.5. The van der Waals surface area contributed by atoms with Crippen molar-refractivity contribution in [1.82, 2.24) is 5.32 Å². The first-order valence-corrected chi connectivity index (χ1v) is 5.84. The van der Waals surface area contributed by atoms with Gasteiger partial charge in [0.2, 0.25) is 0 Å². The maximum atomic E-state index is 13.3. The molecule has 1 saturated carbocycles. The summed E-state index contributed by atoms with van der Waals surface area (Å²) in [6.07, 6.45) is 3.52. The predicted molar refractivity (Wildman–Crippen MR) is 60.0 cm³/mol. The third-order valence-corrected chi connectivity index (χ3v) is 3.46. The van der Waals surface area contributed by atoms with Crippen molar-refractivity contribution < 1.29 is 8.78 Å². The first kappa shape index (κ1) is 11.5. The molecule has 0 aliphatic heterocycles. The maximum Gasteiger partial charge on any atom is 0.130 e. The highest BCUT2D eigenvalue weighted by atomic mass is 19.1. The van der Waals surface area contributed by atoms with Crippen molar-refractivity contribution in [2.75, 3.05) is 0 Å². The molecule has 0 spiro atoms. The predicted octanol–water partition coefficient (Wildman–Crippen LogP) is 3.24. The highest BCUT2D eigenvalue weighted by Gasteiger charge is 2.23. The SMILES string of the molecule is CC1CCCC1NCc1c(F)cccc1F. The van der Waals surface area contributed by atoms with Gasteiger partial charge in [0.25, 0.3) is 0 Å². The summed E-state index contributed by atoms with van der Waals surface area (Å²) in [7, 11) is 0. The van der Waals surface area contributed by atoms with Crippen LogP contribution in [0.5, 0.6) is 0 Å². The second kappa shape index (κ2) is 4.91. The molecule has 1 nitrogen and oxygen atoms in total. The van der Waals surface area contributed by atoms with Gasteiger partial charge in [-0.1, -0.05) is 19.4 Å². The van der Waals surface area contributed by atoms with E-state index in [1.54, 1.807) is 0 Å². The van der Waals surface area contributed by atoms with Gasteiger partial charge in [-0.3, -0.25) is 0 Å². The second-order valence-electron chi connectivity index (χ2n) is 4.60. The van der Waals surface area contributed by atoms with E-state index in [4.69, 9.17) is 0 Å². The van der Waals surface area contributed by atoms with E-state index in [2.05, 4.69) is 12.2 Å². The van der Waals surface area contributed by atoms with E-state index >= 15 is 0 Å². The third-order valence-electron chi connectivity index (χ3n) is 3.46. The monoisotopic (exact) mass is 225 g/mol. The van der Waals surface area contributed by atoms with Crippen molar-refractivity contribution in [3.63, 3.8) is 0 Å². The largest absolute Gasteiger partial charge is 0.309 e. The summed E-state index contributed by atoms with van der Waals surface area (Å²) >= 11 is 0. The van der Waals surface area contributed by atoms with Crippen LogP contribution in [-0.4, -0.2) is 6.04 Å². The zero-order valence-electron chi connectivity index (χ0n) is 9.47. The molecule has 16 heavy (non-hydrogen) atoms. The fourth-order valence-corrected chi connectivity index (χ4v) is 2.38. The van der Waals surface area contributed by atoms with Crippen molar-refractivity contribution in [3.05, 3.63) is 35.4 Å². The minimum atomic E-state index is -0.460. The molecule has 1 N–H and O–H groups in total. The van der Waals surface area contributed by atoms with Crippen LogP contribution in [0.1, 0.15) is 31.7 Å². The molecule has 1 fully saturated rings. The fourth-order valence-electron chi connectivity index (χ4n) is 2.38. The second-order valence-corrected chi connectivity index (χ2v) is 4.60. The Morgan fingerprint density at radius 3 is 2.50 bits per heavy atom. The lowest BCUT2D eigenvalue weighted by molar-refractivity contribution is 0.415. The Morgan fingerprint density at radius 2 is 1.94 bits per heavy atom. The molecule has 0 bridgehead atoms. The number of hydrogen-bond donors (Lipinski definition) is 1. The number of rotatable bonds is 3. The van der Waals surface area contributed by atoms with Crippen LogP contribution in [0, 0.1) is 17.6 Å². The van der Waals surface area contributed by atoms with Crippen LogP contribution in [0.4, 0.5) is 8.78 Å². The highest BCUT2D eigenvalue weighted by molar-refractivity contribution is 5.19. The molecule has 1 aromatic rings. The van der Waals surface area contributed by atoms with E-state index in [0.717, 1.165) is 6.42 Å². The van der Waals surface area contributed by atoms with Gasteiger partial charge in [0.1, 0.15) is 11.6 Å². The number of hydrogen-bond acceptors (Lipinski definition) is 1. The summed E-state index contributed by atoms with van der Waals surface area (Å²) in [5.74, 6) is -0.314. The molecule has 0 saturated heterocycles. The quantitative estimate of drug-likeness (QED) is 0.832. The Labute approximate surface area is 94.9 Å². The summed E-state index contributed by atoms with van der Waals surface area (Å²) < 4.78 is 26.7. The van der Waals surface area contributed by atoms with E-state index in [0.29, 0.717) is 12.0 Å². The van der Waals surface area contributed by atoms with Crippen molar-refractivity contribution in [1.29, 1.82) is 0 Å². The molecular formula is C13H17F2N. The summed E-state index contributed by atoms with van der Waals surface area (Å²) in [5.41, 5.74) is 0.154. The molecule has 0 aromatic heterocycles. The van der Waals surface area contributed by atoms with Crippen LogP contribution in [-0.2, 0) is 6.54 Å². The van der Waals surface area contributed by atoms with Crippen LogP contribution < -0.4 is 5.32 Å². The van der Waals surface area contributed by atoms with Crippen LogP contribution in [0.15, 0.2) is 18.2 Å². The van der Waals surface area contributed by atoms with Crippen molar-refractivity contribution in [2.45, 2.75) is 38.8 Å². The Balaban J connectivity index is 1.99. The van der Waals surface area contributed by atoms with E-state index in [1.807, 2.05) is 0 Å². The number of halogens is 2. The van der Waals surface area contributed by atoms with Crippen LogP contribution in [0.25, 0.3) is 0 Å². The van der Waals surface area contributed by atoms with E-state index < -0.39 is 11.6 Å². The standard InChI is InChI=1S/C13H17F2N/c1-9-4-2-7-13(9)16-8-10-11(14)5-3-6-12(10)15/h3,5-6,9,13,16H,2,4,7-8H2,1H3. The van der Waals surface area contributed by atoms with Crippen LogP contribution in [0.3, 0.4) is 0 Å². The molecule has 0 radical (unpaired) electrons. The van der Waals surface area contributed by atoms with Crippen molar-refractivity contribution >= 4 is 0 Å². The van der Waals surface area contributed by atoms with Gasteiger partial charge in [-0.15, -0.1) is 0 Å². The van der Waals surface area contributed by atoms with E-state index in [9.17, 15) is 8.78 Å². The summed E-state index contributed by atoms with van der Waals surface area (Å²) in [6, 6.07) is 4.40. The van der Waals surface area contributed by atoms with E-state index in [1.165, 1.54) is 31.0 Å². The molecule has 1 aliphatic rings. The van der Waals surface area contributed by atoms with Crippen LogP contribution >= 0.6 is 0 Å². The molecule has 2 unspecified atom stereocenters. The van der Waals surface area contributed by atoms with Crippen molar-refractivity contribution in [2.24, 2.45) is 5.92 Å². The molecule has 0 amide bonds. The van der Waals surface area contributed by atoms with Gasteiger partial charge in [-0.05, 0) is 30.9 Å². The minimum Gasteiger partial charge on any atom is -0.309 e. The average Bonchev–Trinajstić information content (AvgIpc) is 2.64. The van der Waals surface area contributed by atoms with Gasteiger partial charge in [0, 0.05) is 18.2 Å². The molecule has 2 atom stereocenters. The topological polar surface area (TPSA) is 12.0 Å². The molecule has 0 heterocycles. The minimum absolute atomic E-state index is 0.154. The van der Waals surface area contributed by atoms with Gasteiger partial charge in [0.15, 0.2) is 0 Å². The Morgan fingerprint density at radius 1 is 1.25 bits per heavy atom. The number of benzene rings is 1. The number of nitrogens with one attached hydrogen (secondary N) is 1. The zero-order valence-corrected chi connectivity index (χ0v) is 9.47. The smallest absolute Gasteiger partial charge is 0.130 e. The lowest BCUT2D eigenvalue weighted by Crippen LogP contribution is -2.31. The van der Waals surface area contributed by atoms with Crippen LogP contribution in [0.2, 0.25) is 0 Å². The Bertz CT molecular complexity index is 345. The van der Waals surface area contributed by atoms with Gasteiger partial charge >= 0.3 is 0 Å². The lowest BCUT2D eigenvalue weighted by Gasteiger charge is -2.17. The van der Waals surface area contributed by atoms with E-state index in [-0.39, 0.29) is 12.1 Å². The lowest BCUT2D eigenvalue weighted by atomic mass is 10.1.